The molecule has 3 rings (SSSR count). The summed E-state index contributed by atoms with van der Waals surface area (Å²) in [5, 5.41) is 35.6. The van der Waals surface area contributed by atoms with Crippen molar-refractivity contribution in [3.8, 4) is 11.5 Å². The van der Waals surface area contributed by atoms with Crippen LogP contribution in [-0.4, -0.2) is 78.4 Å². The van der Waals surface area contributed by atoms with Crippen LogP contribution in [0.4, 0.5) is 10.5 Å². The van der Waals surface area contributed by atoms with E-state index in [0.29, 0.717) is 23.3 Å². The number of hydrogen-bond donors (Lipinski definition) is 6. The van der Waals surface area contributed by atoms with E-state index in [4.69, 9.17) is 9.84 Å². The largest absolute Gasteiger partial charge is 0.444 e. The van der Waals surface area contributed by atoms with Crippen LogP contribution in [0.3, 0.4) is 0 Å². The molecule has 1 aromatic carbocycles. The van der Waals surface area contributed by atoms with E-state index in [1.807, 2.05) is 6.92 Å². The lowest BCUT2D eigenvalue weighted by Gasteiger charge is -2.23. The van der Waals surface area contributed by atoms with Gasteiger partial charge < -0.3 is 35.3 Å². The molecule has 6 N–H and O–H groups in total. The number of nitrogens with zero attached hydrogens (tertiary/aromatic N) is 3. The summed E-state index contributed by atoms with van der Waals surface area (Å²) in [6.45, 7) is 7.26. The number of benzene rings is 1. The van der Waals surface area contributed by atoms with Gasteiger partial charge in [-0.2, -0.15) is 4.98 Å². The van der Waals surface area contributed by atoms with E-state index in [1.165, 1.54) is 4.57 Å². The molecular weight excluding hydrogens is 472 g/mol. The van der Waals surface area contributed by atoms with Crippen LogP contribution in [-0.2, 0) is 11.3 Å². The number of aromatic nitrogens is 4. The van der Waals surface area contributed by atoms with Crippen LogP contribution in [0.25, 0.3) is 22.6 Å². The van der Waals surface area contributed by atoms with Gasteiger partial charge in [-0.3, -0.25) is 9.78 Å². The highest BCUT2D eigenvalue weighted by Gasteiger charge is 2.24. The van der Waals surface area contributed by atoms with Gasteiger partial charge in [0.1, 0.15) is 5.60 Å². The third-order valence-electron chi connectivity index (χ3n) is 5.30. The molecule has 2 atom stereocenters. The molecule has 0 aliphatic carbocycles. The van der Waals surface area contributed by atoms with Crippen molar-refractivity contribution >= 4 is 22.8 Å². The highest BCUT2D eigenvalue weighted by molar-refractivity contribution is 5.84. The Morgan fingerprint density at radius 1 is 1.17 bits per heavy atom. The Balaban J connectivity index is 1.96. The van der Waals surface area contributed by atoms with Gasteiger partial charge in [-0.1, -0.05) is 0 Å². The summed E-state index contributed by atoms with van der Waals surface area (Å²) >= 11 is 0. The molecule has 0 radical (unpaired) electrons. The molecule has 196 valence electrons. The van der Waals surface area contributed by atoms with Crippen molar-refractivity contribution in [3.05, 3.63) is 38.5 Å². The van der Waals surface area contributed by atoms with E-state index >= 15 is 0 Å². The number of hydrogen-bond acceptors (Lipinski definition) is 10. The summed E-state index contributed by atoms with van der Waals surface area (Å²) in [5.74, 6) is -0.0482. The zero-order valence-electron chi connectivity index (χ0n) is 20.7. The fourth-order valence-corrected chi connectivity index (χ4v) is 3.63. The number of ether oxygens (including phenoxy) is 1. The van der Waals surface area contributed by atoms with E-state index < -0.39 is 35.2 Å². The third kappa shape index (κ3) is 6.56. The number of nitrogens with one attached hydrogen (secondary N) is 3. The molecule has 0 fully saturated rings. The second-order valence-electron chi connectivity index (χ2n) is 9.42. The number of rotatable bonds is 9. The van der Waals surface area contributed by atoms with E-state index in [9.17, 15) is 24.6 Å². The number of alkyl carbamates (subject to hydrolysis) is 1. The second kappa shape index (κ2) is 11.0. The Morgan fingerprint density at radius 2 is 1.89 bits per heavy atom. The molecule has 36 heavy (non-hydrogen) atoms. The van der Waals surface area contributed by atoms with Crippen LogP contribution >= 0.6 is 0 Å². The van der Waals surface area contributed by atoms with Crippen molar-refractivity contribution in [2.45, 2.75) is 58.5 Å². The minimum Gasteiger partial charge on any atom is -0.444 e. The first-order valence-corrected chi connectivity index (χ1v) is 11.5. The Bertz CT molecular complexity index is 1310. The Morgan fingerprint density at radius 3 is 2.56 bits per heavy atom. The number of fused-ring (bicyclic) bond motifs is 2. The molecule has 2 aliphatic heterocycles. The fourth-order valence-electron chi connectivity index (χ4n) is 3.63. The lowest BCUT2D eigenvalue weighted by Crippen LogP contribution is -2.35. The molecule has 0 bridgehead atoms. The summed E-state index contributed by atoms with van der Waals surface area (Å²) in [6.07, 6.45) is -3.15. The highest BCUT2D eigenvalue weighted by Crippen LogP contribution is 2.27. The van der Waals surface area contributed by atoms with Crippen molar-refractivity contribution in [2.24, 2.45) is 0 Å². The van der Waals surface area contributed by atoms with Crippen molar-refractivity contribution < 1.29 is 24.9 Å². The van der Waals surface area contributed by atoms with Crippen LogP contribution in [0.5, 0.6) is 0 Å². The molecule has 2 aliphatic rings. The first-order chi connectivity index (χ1) is 16.9. The molecular formula is C23H32N6O7. The molecule has 1 amide bonds. The minimum atomic E-state index is -1.32. The smallest absolute Gasteiger partial charge is 0.407 e. The van der Waals surface area contributed by atoms with Gasteiger partial charge >= 0.3 is 11.8 Å². The molecule has 0 aromatic heterocycles. The maximum absolute atomic E-state index is 12.4. The molecule has 0 saturated carbocycles. The molecule has 0 spiro atoms. The van der Waals surface area contributed by atoms with Crippen LogP contribution in [0.2, 0.25) is 0 Å². The summed E-state index contributed by atoms with van der Waals surface area (Å²) in [5.41, 5.74) is 0.0453. The molecule has 2 heterocycles. The Labute approximate surface area is 206 Å². The standard InChI is InChI=1S/C23H32N6O7/c1-12-9-14-15(10-13(12)24-6-7-25-22(35)36-23(2,3)4)29(11-17(32)16(31)5-8-30)19-18(26-14)20(33)28-21(34)27-19/h9-10,16-17,24,30-32H,5-8,11H2,1-4H3,(H,25,35)(H,28,33,34)/t16-,17+/m1/s1. The Hall–Kier alpha value is -3.55. The maximum Gasteiger partial charge on any atom is 0.407 e. The first-order valence-electron chi connectivity index (χ1n) is 11.5. The molecule has 0 saturated heterocycles. The predicted molar refractivity (Wildman–Crippen MR) is 132 cm³/mol. The van der Waals surface area contributed by atoms with Gasteiger partial charge in [0.15, 0.2) is 11.5 Å². The SMILES string of the molecule is Cc1cc2nc3c(=O)[nH]c(=O)nc-3n(C[C@H](O)[C@H](O)CCO)c2cc1NCCNC(=O)OC(C)(C)C. The number of H-pyrrole nitrogens is 1. The monoisotopic (exact) mass is 504 g/mol. The molecule has 13 heteroatoms. The third-order valence-corrected chi connectivity index (χ3v) is 5.30. The number of amides is 1. The van der Waals surface area contributed by atoms with Crippen molar-refractivity contribution in [1.82, 2.24) is 24.8 Å². The second-order valence-corrected chi connectivity index (χ2v) is 9.42. The molecule has 0 unspecified atom stereocenters. The number of aliphatic hydroxyl groups is 3. The zero-order chi connectivity index (χ0) is 26.6. The van der Waals surface area contributed by atoms with Gasteiger partial charge in [0.25, 0.3) is 5.56 Å². The lowest BCUT2D eigenvalue weighted by molar-refractivity contribution is -0.00282. The summed E-state index contributed by atoms with van der Waals surface area (Å²) in [4.78, 5) is 46.5. The molecule has 13 nitrogen and oxygen atoms in total. The van der Waals surface area contributed by atoms with Gasteiger partial charge in [0.2, 0.25) is 0 Å². The topological polar surface area (TPSA) is 192 Å². The predicted octanol–water partition coefficient (Wildman–Crippen LogP) is -0.0662. The average Bonchev–Trinajstić information content (AvgIpc) is 2.76. The van der Waals surface area contributed by atoms with E-state index in [2.05, 4.69) is 25.6 Å². The molecule has 1 aromatic rings. The van der Waals surface area contributed by atoms with Crippen LogP contribution in [0, 0.1) is 6.92 Å². The zero-order valence-corrected chi connectivity index (χ0v) is 20.7. The van der Waals surface area contributed by atoms with Crippen LogP contribution in [0.15, 0.2) is 21.7 Å². The van der Waals surface area contributed by atoms with E-state index in [0.717, 1.165) is 5.56 Å². The normalized spacial score (nSPS) is 13.5. The van der Waals surface area contributed by atoms with Gasteiger partial charge in [-0.05, 0) is 51.8 Å². The fraction of sp³-hybridized carbons (Fsp3) is 0.522. The highest BCUT2D eigenvalue weighted by atomic mass is 16.6. The van der Waals surface area contributed by atoms with Gasteiger partial charge in [-0.15, -0.1) is 0 Å². The van der Waals surface area contributed by atoms with Gasteiger partial charge in [0.05, 0.1) is 29.8 Å². The summed E-state index contributed by atoms with van der Waals surface area (Å²) in [6, 6.07) is 3.46. The van der Waals surface area contributed by atoms with E-state index in [1.54, 1.807) is 32.9 Å². The Kier molecular flexibility index (Phi) is 8.28. The van der Waals surface area contributed by atoms with Crippen molar-refractivity contribution in [1.29, 1.82) is 0 Å². The first kappa shape index (κ1) is 27.0. The number of aliphatic hydroxyl groups excluding tert-OH is 3. The van der Waals surface area contributed by atoms with Crippen LogP contribution in [0.1, 0.15) is 32.8 Å². The number of aromatic amines is 1. The van der Waals surface area contributed by atoms with Gasteiger partial charge in [-0.25, -0.2) is 14.6 Å². The van der Waals surface area contributed by atoms with Crippen LogP contribution < -0.4 is 21.9 Å². The lowest BCUT2D eigenvalue weighted by atomic mass is 10.1. The summed E-state index contributed by atoms with van der Waals surface area (Å²) < 4.78 is 6.66. The number of carbonyl (C=O) groups is 1. The van der Waals surface area contributed by atoms with Crippen molar-refractivity contribution in [3.63, 3.8) is 0 Å². The van der Waals surface area contributed by atoms with E-state index in [-0.39, 0.29) is 37.6 Å². The minimum absolute atomic E-state index is 0.0482. The summed E-state index contributed by atoms with van der Waals surface area (Å²) in [7, 11) is 0. The maximum atomic E-state index is 12.4. The van der Waals surface area contributed by atoms with Crippen molar-refractivity contribution in [2.75, 3.05) is 25.0 Å². The quantitative estimate of drug-likeness (QED) is 0.170. The number of aryl methyl sites for hydroxylation is 1. The number of carbonyl (C=O) groups excluding carboxylic acids is 1. The van der Waals surface area contributed by atoms with Gasteiger partial charge in [0, 0.05) is 25.4 Å². The number of anilines is 1. The average molecular weight is 505 g/mol.